The molecule has 1 N–H and O–H groups in total. The van der Waals surface area contributed by atoms with E-state index in [1.54, 1.807) is 18.2 Å². The Morgan fingerprint density at radius 3 is 2.75 bits per heavy atom. The number of alkyl halides is 2. The van der Waals surface area contributed by atoms with Crippen LogP contribution in [-0.2, 0) is 0 Å². The molecule has 112 valence electrons. The summed E-state index contributed by atoms with van der Waals surface area (Å²) in [5, 5.41) is 3.45. The first-order valence-corrected chi connectivity index (χ1v) is 7.36. The molecule has 1 aromatic rings. The molecule has 2 atom stereocenters. The van der Waals surface area contributed by atoms with Gasteiger partial charge in [0.05, 0.1) is 0 Å². The lowest BCUT2D eigenvalue weighted by Gasteiger charge is -2.32. The van der Waals surface area contributed by atoms with Crippen molar-refractivity contribution in [2.45, 2.75) is 52.2 Å². The highest BCUT2D eigenvalue weighted by Gasteiger charge is 2.24. The van der Waals surface area contributed by atoms with E-state index in [0.717, 1.165) is 24.4 Å². The predicted molar refractivity (Wildman–Crippen MR) is 77.3 cm³/mol. The summed E-state index contributed by atoms with van der Waals surface area (Å²) in [7, 11) is 0. The summed E-state index contributed by atoms with van der Waals surface area (Å²) in [6.45, 7) is 1.76. The molecule has 0 amide bonds. The van der Waals surface area contributed by atoms with Crippen molar-refractivity contribution >= 4 is 5.69 Å². The van der Waals surface area contributed by atoms with Crippen LogP contribution in [0.4, 0.5) is 14.5 Å². The van der Waals surface area contributed by atoms with Crippen molar-refractivity contribution in [2.75, 3.05) is 5.32 Å². The van der Waals surface area contributed by atoms with E-state index >= 15 is 0 Å². The molecule has 1 aromatic carbocycles. The Hall–Kier alpha value is -1.32. The van der Waals surface area contributed by atoms with E-state index < -0.39 is 6.61 Å². The van der Waals surface area contributed by atoms with Crippen molar-refractivity contribution in [1.82, 2.24) is 0 Å². The quantitative estimate of drug-likeness (QED) is 0.828. The summed E-state index contributed by atoms with van der Waals surface area (Å²) in [6, 6.07) is 7.26. The van der Waals surface area contributed by atoms with E-state index in [1.165, 1.54) is 12.8 Å². The van der Waals surface area contributed by atoms with Crippen LogP contribution in [0.1, 0.15) is 39.5 Å². The van der Waals surface area contributed by atoms with E-state index in [0.29, 0.717) is 12.0 Å². The van der Waals surface area contributed by atoms with Crippen molar-refractivity contribution in [3.63, 3.8) is 0 Å². The molecule has 0 bridgehead atoms. The highest BCUT2D eigenvalue weighted by Crippen LogP contribution is 2.32. The fraction of sp³-hybridized carbons (Fsp3) is 0.625. The second kappa shape index (κ2) is 6.91. The van der Waals surface area contributed by atoms with Crippen molar-refractivity contribution in [3.05, 3.63) is 24.3 Å². The molecule has 0 aliphatic heterocycles. The van der Waals surface area contributed by atoms with Crippen molar-refractivity contribution in [1.29, 1.82) is 0 Å². The van der Waals surface area contributed by atoms with Gasteiger partial charge in [-0.15, -0.1) is 0 Å². The molecule has 2 unspecified atom stereocenters. The zero-order valence-electron chi connectivity index (χ0n) is 12.1. The average molecular weight is 283 g/mol. The summed E-state index contributed by atoms with van der Waals surface area (Å²) < 4.78 is 28.8. The normalized spacial score (nSPS) is 23.1. The zero-order chi connectivity index (χ0) is 14.5. The van der Waals surface area contributed by atoms with Crippen LogP contribution in [0.2, 0.25) is 0 Å². The average Bonchev–Trinajstić information content (AvgIpc) is 2.38. The van der Waals surface area contributed by atoms with Gasteiger partial charge in [0.1, 0.15) is 5.75 Å². The molecule has 0 aromatic heterocycles. The molecule has 1 fully saturated rings. The fourth-order valence-corrected chi connectivity index (χ4v) is 2.96. The second-order valence-corrected chi connectivity index (χ2v) is 5.92. The van der Waals surface area contributed by atoms with Gasteiger partial charge in [-0.3, -0.25) is 0 Å². The van der Waals surface area contributed by atoms with Gasteiger partial charge in [0.15, 0.2) is 0 Å². The fourth-order valence-electron chi connectivity index (χ4n) is 2.96. The van der Waals surface area contributed by atoms with E-state index in [2.05, 4.69) is 23.9 Å². The van der Waals surface area contributed by atoms with Crippen LogP contribution in [0, 0.1) is 11.8 Å². The van der Waals surface area contributed by atoms with Crippen LogP contribution in [0.3, 0.4) is 0 Å². The minimum Gasteiger partial charge on any atom is -0.435 e. The molecule has 1 saturated carbocycles. The van der Waals surface area contributed by atoms with Crippen molar-refractivity contribution in [2.24, 2.45) is 11.8 Å². The lowest BCUT2D eigenvalue weighted by molar-refractivity contribution is -0.0498. The molecule has 0 spiro atoms. The van der Waals surface area contributed by atoms with Crippen LogP contribution in [0.5, 0.6) is 5.75 Å². The largest absolute Gasteiger partial charge is 0.435 e. The molecule has 2 rings (SSSR count). The van der Waals surface area contributed by atoms with Gasteiger partial charge >= 0.3 is 6.61 Å². The first-order valence-electron chi connectivity index (χ1n) is 7.36. The minimum atomic E-state index is -2.77. The number of hydrogen-bond donors (Lipinski definition) is 1. The maximum Gasteiger partial charge on any atom is 0.387 e. The van der Waals surface area contributed by atoms with Gasteiger partial charge in [-0.2, -0.15) is 8.78 Å². The Bertz CT molecular complexity index is 423. The third-order valence-corrected chi connectivity index (χ3v) is 4.09. The molecule has 0 saturated heterocycles. The highest BCUT2D eigenvalue weighted by atomic mass is 19.3. The number of halogens is 2. The lowest BCUT2D eigenvalue weighted by Crippen LogP contribution is -2.29. The van der Waals surface area contributed by atoms with Crippen molar-refractivity contribution < 1.29 is 13.5 Å². The SMILES string of the molecule is CC(C)C1CCCC(Nc2cccc(OC(F)F)c2)C1. The topological polar surface area (TPSA) is 21.3 Å². The van der Waals surface area contributed by atoms with Crippen LogP contribution in [0.15, 0.2) is 24.3 Å². The van der Waals surface area contributed by atoms with Crippen LogP contribution in [-0.4, -0.2) is 12.7 Å². The number of hydrogen-bond acceptors (Lipinski definition) is 2. The Morgan fingerprint density at radius 2 is 2.05 bits per heavy atom. The van der Waals surface area contributed by atoms with E-state index in [9.17, 15) is 8.78 Å². The summed E-state index contributed by atoms with van der Waals surface area (Å²) in [6.07, 6.45) is 4.82. The minimum absolute atomic E-state index is 0.209. The van der Waals surface area contributed by atoms with E-state index in [1.807, 2.05) is 6.07 Å². The van der Waals surface area contributed by atoms with Crippen LogP contribution in [0.25, 0.3) is 0 Å². The molecule has 4 heteroatoms. The maximum absolute atomic E-state index is 12.2. The molecule has 1 aliphatic rings. The van der Waals surface area contributed by atoms with Gasteiger partial charge in [0, 0.05) is 17.8 Å². The zero-order valence-corrected chi connectivity index (χ0v) is 12.1. The number of anilines is 1. The van der Waals surface area contributed by atoms with E-state index in [-0.39, 0.29) is 5.75 Å². The van der Waals surface area contributed by atoms with Crippen LogP contribution >= 0.6 is 0 Å². The number of benzene rings is 1. The molecular formula is C16H23F2NO. The van der Waals surface area contributed by atoms with Gasteiger partial charge in [-0.25, -0.2) is 0 Å². The van der Waals surface area contributed by atoms with Gasteiger partial charge in [-0.1, -0.05) is 32.8 Å². The van der Waals surface area contributed by atoms with Crippen molar-refractivity contribution in [3.8, 4) is 5.75 Å². The Labute approximate surface area is 119 Å². The van der Waals surface area contributed by atoms with Gasteiger partial charge < -0.3 is 10.1 Å². The standard InChI is InChI=1S/C16H23F2NO/c1-11(2)12-5-3-6-13(9-12)19-14-7-4-8-15(10-14)20-16(17)18/h4,7-8,10-13,16,19H,3,5-6,9H2,1-2H3. The summed E-state index contributed by atoms with van der Waals surface area (Å²) in [4.78, 5) is 0. The third kappa shape index (κ3) is 4.36. The van der Waals surface area contributed by atoms with Gasteiger partial charge in [-0.05, 0) is 36.8 Å². The predicted octanol–water partition coefficient (Wildman–Crippen LogP) is 4.91. The number of ether oxygens (including phenoxy) is 1. The summed E-state index contributed by atoms with van der Waals surface area (Å²) in [5.74, 6) is 1.66. The Morgan fingerprint density at radius 1 is 1.25 bits per heavy atom. The monoisotopic (exact) mass is 283 g/mol. The second-order valence-electron chi connectivity index (χ2n) is 5.92. The molecule has 1 aliphatic carbocycles. The third-order valence-electron chi connectivity index (χ3n) is 4.09. The Balaban J connectivity index is 1.95. The maximum atomic E-state index is 12.2. The Kier molecular flexibility index (Phi) is 5.21. The molecule has 20 heavy (non-hydrogen) atoms. The summed E-state index contributed by atoms with van der Waals surface area (Å²) in [5.41, 5.74) is 0.859. The number of rotatable bonds is 5. The smallest absolute Gasteiger partial charge is 0.387 e. The van der Waals surface area contributed by atoms with Gasteiger partial charge in [0.25, 0.3) is 0 Å². The lowest BCUT2D eigenvalue weighted by atomic mass is 9.79. The molecular weight excluding hydrogens is 260 g/mol. The highest BCUT2D eigenvalue weighted by molar-refractivity contribution is 5.48. The summed E-state index contributed by atoms with van der Waals surface area (Å²) >= 11 is 0. The van der Waals surface area contributed by atoms with Gasteiger partial charge in [0.2, 0.25) is 0 Å². The molecule has 0 radical (unpaired) electrons. The van der Waals surface area contributed by atoms with E-state index in [4.69, 9.17) is 0 Å². The molecule has 2 nitrogen and oxygen atoms in total. The van der Waals surface area contributed by atoms with Crippen LogP contribution < -0.4 is 10.1 Å². The first kappa shape index (κ1) is 15.1. The first-order chi connectivity index (χ1) is 9.54. The number of nitrogens with one attached hydrogen (secondary N) is 1. The molecule has 0 heterocycles.